The number of amides is 2. The quantitative estimate of drug-likeness (QED) is 0.203. The molecule has 0 bridgehead atoms. The zero-order valence-electron chi connectivity index (χ0n) is 20.2. The lowest BCUT2D eigenvalue weighted by atomic mass is 10.1. The molecule has 0 aliphatic rings. The lowest BCUT2D eigenvalue weighted by Gasteiger charge is -2.20. The molecule has 1 rings (SSSR count). The van der Waals surface area contributed by atoms with Crippen molar-refractivity contribution in [1.82, 2.24) is 0 Å². The summed E-state index contributed by atoms with van der Waals surface area (Å²) in [5, 5.41) is 0. The fourth-order valence-corrected chi connectivity index (χ4v) is 2.91. The fraction of sp³-hybridized carbons (Fsp3) is 0.667. The molecule has 34 heavy (non-hydrogen) atoms. The Kier molecular flexibility index (Phi) is 17.0. The molecule has 0 aliphatic carbocycles. The van der Waals surface area contributed by atoms with Gasteiger partial charge in [-0.1, -0.05) is 24.3 Å². The van der Waals surface area contributed by atoms with Gasteiger partial charge in [0, 0.05) is 19.1 Å². The summed E-state index contributed by atoms with van der Waals surface area (Å²) in [5.74, 6) is -0.837. The molecular weight excluding hydrogens is 442 g/mol. The van der Waals surface area contributed by atoms with Gasteiger partial charge in [-0.25, -0.2) is 0 Å². The third kappa shape index (κ3) is 16.5. The summed E-state index contributed by atoms with van der Waals surface area (Å²) in [6.07, 6.45) is 2.50. The highest BCUT2D eigenvalue weighted by atomic mass is 16.6. The van der Waals surface area contributed by atoms with Crippen molar-refractivity contribution in [2.24, 2.45) is 17.2 Å². The molecule has 0 heterocycles. The van der Waals surface area contributed by atoms with Gasteiger partial charge >= 0.3 is 0 Å². The Bertz CT molecular complexity index is 673. The van der Waals surface area contributed by atoms with Gasteiger partial charge in [0.1, 0.15) is 6.61 Å². The van der Waals surface area contributed by atoms with Crippen LogP contribution in [0.15, 0.2) is 24.3 Å². The van der Waals surface area contributed by atoms with Gasteiger partial charge < -0.3 is 40.9 Å². The summed E-state index contributed by atoms with van der Waals surface area (Å²) in [6.45, 7) is 5.68. The van der Waals surface area contributed by atoms with E-state index < -0.39 is 5.91 Å². The molecule has 0 aromatic heterocycles. The van der Waals surface area contributed by atoms with Gasteiger partial charge in [-0.2, -0.15) is 0 Å². The van der Waals surface area contributed by atoms with E-state index in [-0.39, 0.29) is 31.1 Å². The van der Waals surface area contributed by atoms with Gasteiger partial charge in [0.2, 0.25) is 11.8 Å². The minimum absolute atomic E-state index is 0.0891. The van der Waals surface area contributed by atoms with E-state index in [0.29, 0.717) is 59.3 Å². The predicted octanol–water partition coefficient (Wildman–Crippen LogP) is 0.669. The number of carbonyl (C=O) groups is 2. The molecule has 0 radical (unpaired) electrons. The first-order chi connectivity index (χ1) is 16.4. The second-order valence-electron chi connectivity index (χ2n) is 7.96. The van der Waals surface area contributed by atoms with Crippen LogP contribution in [-0.2, 0) is 46.3 Å². The van der Waals surface area contributed by atoms with Crippen molar-refractivity contribution >= 4 is 11.8 Å². The van der Waals surface area contributed by atoms with Crippen LogP contribution in [0.3, 0.4) is 0 Å². The Hall–Kier alpha value is -2.08. The number of ether oxygens (including phenoxy) is 5. The number of carbonyl (C=O) groups excluding carboxylic acids is 2. The van der Waals surface area contributed by atoms with Crippen molar-refractivity contribution in [2.45, 2.75) is 51.4 Å². The number of rotatable bonds is 22. The third-order valence-electron chi connectivity index (χ3n) is 4.98. The van der Waals surface area contributed by atoms with Crippen molar-refractivity contribution in [2.75, 3.05) is 52.9 Å². The highest BCUT2D eigenvalue weighted by Crippen LogP contribution is 2.11. The minimum Gasteiger partial charge on any atom is -0.379 e. The van der Waals surface area contributed by atoms with Crippen LogP contribution in [0.25, 0.3) is 0 Å². The van der Waals surface area contributed by atoms with E-state index in [4.69, 9.17) is 40.9 Å². The maximum Gasteiger partial charge on any atom is 0.243 e. The highest BCUT2D eigenvalue weighted by Gasteiger charge is 2.14. The van der Waals surface area contributed by atoms with E-state index >= 15 is 0 Å². The summed E-state index contributed by atoms with van der Waals surface area (Å²) in [7, 11) is 0. The van der Waals surface area contributed by atoms with Crippen molar-refractivity contribution in [3.8, 4) is 0 Å². The SMILES string of the molecule is C[C@@H](OCc1ccc(CCCOCCOCCOCCOCC(N)=O)cc1)[C@@H](N)CCC(N)=O. The van der Waals surface area contributed by atoms with Crippen LogP contribution in [0, 0.1) is 0 Å². The fourth-order valence-electron chi connectivity index (χ4n) is 2.91. The van der Waals surface area contributed by atoms with Crippen molar-refractivity contribution in [3.05, 3.63) is 35.4 Å². The topological polar surface area (TPSA) is 158 Å². The van der Waals surface area contributed by atoms with Gasteiger partial charge in [0.25, 0.3) is 0 Å². The number of aryl methyl sites for hydroxylation is 1. The van der Waals surface area contributed by atoms with Crippen LogP contribution in [0.5, 0.6) is 0 Å². The monoisotopic (exact) mass is 483 g/mol. The Labute approximate surface area is 202 Å². The van der Waals surface area contributed by atoms with Crippen LogP contribution >= 0.6 is 0 Å². The highest BCUT2D eigenvalue weighted by molar-refractivity contribution is 5.75. The normalized spacial score (nSPS) is 13.0. The van der Waals surface area contributed by atoms with Crippen LogP contribution in [0.2, 0.25) is 0 Å². The van der Waals surface area contributed by atoms with E-state index in [9.17, 15) is 9.59 Å². The van der Waals surface area contributed by atoms with Gasteiger partial charge in [-0.3, -0.25) is 9.59 Å². The molecule has 0 fully saturated rings. The van der Waals surface area contributed by atoms with Gasteiger partial charge in [0.15, 0.2) is 0 Å². The first kappa shape index (κ1) is 30.0. The number of nitrogens with two attached hydrogens (primary N) is 3. The number of hydrogen-bond donors (Lipinski definition) is 3. The van der Waals surface area contributed by atoms with E-state index in [2.05, 4.69) is 24.3 Å². The maximum absolute atomic E-state index is 10.9. The van der Waals surface area contributed by atoms with Crippen LogP contribution in [0.1, 0.15) is 37.3 Å². The molecule has 0 saturated carbocycles. The lowest BCUT2D eigenvalue weighted by Crippen LogP contribution is -2.35. The van der Waals surface area contributed by atoms with E-state index in [0.717, 1.165) is 18.4 Å². The van der Waals surface area contributed by atoms with Crippen molar-refractivity contribution < 1.29 is 33.3 Å². The number of hydrogen-bond acceptors (Lipinski definition) is 8. The summed E-state index contributed by atoms with van der Waals surface area (Å²) in [4.78, 5) is 21.3. The van der Waals surface area contributed by atoms with Gasteiger partial charge in [-0.15, -0.1) is 0 Å². The van der Waals surface area contributed by atoms with Gasteiger partial charge in [-0.05, 0) is 37.3 Å². The average molecular weight is 484 g/mol. The summed E-state index contributed by atoms with van der Waals surface area (Å²) in [6, 6.07) is 8.08. The smallest absolute Gasteiger partial charge is 0.243 e. The first-order valence-corrected chi connectivity index (χ1v) is 11.7. The molecule has 6 N–H and O–H groups in total. The molecule has 2 amide bonds. The standard InChI is InChI=1S/C24H41N3O7/c1-19(22(25)8-9-23(26)28)34-17-21-6-4-20(5-7-21)3-2-10-30-11-12-31-13-14-32-15-16-33-18-24(27)29/h4-7,19,22H,2-3,8-18,25H2,1H3,(H2,26,28)(H2,27,29)/t19-,22+/m1/s1. The zero-order chi connectivity index (χ0) is 25.0. The Morgan fingerprint density at radius 3 is 1.88 bits per heavy atom. The minimum atomic E-state index is -0.491. The number of primary amides is 2. The lowest BCUT2D eigenvalue weighted by molar-refractivity contribution is -0.123. The molecular formula is C24H41N3O7. The average Bonchev–Trinajstić information content (AvgIpc) is 2.81. The Balaban J connectivity index is 1.99. The summed E-state index contributed by atoms with van der Waals surface area (Å²) < 4.78 is 27.1. The molecule has 1 aromatic rings. The molecule has 2 atom stereocenters. The van der Waals surface area contributed by atoms with Crippen molar-refractivity contribution in [3.63, 3.8) is 0 Å². The molecule has 194 valence electrons. The van der Waals surface area contributed by atoms with E-state index in [1.54, 1.807) is 0 Å². The number of benzene rings is 1. The van der Waals surface area contributed by atoms with Crippen LogP contribution in [-0.4, -0.2) is 76.8 Å². The Morgan fingerprint density at radius 1 is 0.794 bits per heavy atom. The molecule has 1 aromatic carbocycles. The Morgan fingerprint density at radius 2 is 1.32 bits per heavy atom. The van der Waals surface area contributed by atoms with Crippen LogP contribution in [0.4, 0.5) is 0 Å². The van der Waals surface area contributed by atoms with Crippen molar-refractivity contribution in [1.29, 1.82) is 0 Å². The largest absolute Gasteiger partial charge is 0.379 e. The second-order valence-corrected chi connectivity index (χ2v) is 7.96. The molecule has 0 spiro atoms. The van der Waals surface area contributed by atoms with E-state index in [1.165, 1.54) is 5.56 Å². The van der Waals surface area contributed by atoms with E-state index in [1.807, 2.05) is 6.92 Å². The molecule has 0 unspecified atom stereocenters. The zero-order valence-corrected chi connectivity index (χ0v) is 20.2. The maximum atomic E-state index is 10.9. The summed E-state index contributed by atoms with van der Waals surface area (Å²) in [5.41, 5.74) is 18.5. The summed E-state index contributed by atoms with van der Waals surface area (Å²) >= 11 is 0. The second kappa shape index (κ2) is 19.2. The molecule has 0 saturated heterocycles. The first-order valence-electron chi connectivity index (χ1n) is 11.7. The molecule has 0 aliphatic heterocycles. The van der Waals surface area contributed by atoms with Gasteiger partial charge in [0.05, 0.1) is 52.4 Å². The van der Waals surface area contributed by atoms with Crippen LogP contribution < -0.4 is 17.2 Å². The molecule has 10 heteroatoms. The third-order valence-corrected chi connectivity index (χ3v) is 4.98. The molecule has 10 nitrogen and oxygen atoms in total. The predicted molar refractivity (Wildman–Crippen MR) is 128 cm³/mol.